The summed E-state index contributed by atoms with van der Waals surface area (Å²) in [6.07, 6.45) is -9.30. The van der Waals surface area contributed by atoms with Gasteiger partial charge in [0.05, 0.1) is 5.56 Å². The van der Waals surface area contributed by atoms with Crippen LogP contribution in [0.1, 0.15) is 42.4 Å². The van der Waals surface area contributed by atoms with Crippen LogP contribution in [0.25, 0.3) is 0 Å². The van der Waals surface area contributed by atoms with Gasteiger partial charge < -0.3 is 10.6 Å². The molecule has 0 bridgehead atoms. The molecule has 0 spiro atoms. The number of rotatable bonds is 2. The molecule has 3 N–H and O–H groups in total. The van der Waals surface area contributed by atoms with Crippen molar-refractivity contribution in [3.8, 4) is 0 Å². The van der Waals surface area contributed by atoms with Crippen LogP contribution < -0.4 is 10.6 Å². The molecule has 2 aromatic rings. The summed E-state index contributed by atoms with van der Waals surface area (Å²) in [6.45, 7) is 5.06. The number of aromatic amines is 1. The average Bonchev–Trinajstić information content (AvgIpc) is 3.01. The van der Waals surface area contributed by atoms with E-state index in [0.717, 1.165) is 18.2 Å². The molecular formula is C17H17F6N5O. The Morgan fingerprint density at radius 3 is 2.21 bits per heavy atom. The summed E-state index contributed by atoms with van der Waals surface area (Å²) in [5.74, 6) is -1.59. The van der Waals surface area contributed by atoms with Crippen LogP contribution in [-0.4, -0.2) is 27.6 Å². The van der Waals surface area contributed by atoms with Gasteiger partial charge in [0, 0.05) is 17.2 Å². The zero-order valence-electron chi connectivity index (χ0n) is 15.5. The minimum Gasteiger partial charge on any atom is -0.351 e. The number of carbonyl (C=O) groups is 1. The van der Waals surface area contributed by atoms with Gasteiger partial charge in [0.15, 0.2) is 5.82 Å². The molecule has 0 aliphatic rings. The van der Waals surface area contributed by atoms with Crippen LogP contribution in [0.2, 0.25) is 0 Å². The third kappa shape index (κ3) is 6.50. The Morgan fingerprint density at radius 1 is 1.03 bits per heavy atom. The van der Waals surface area contributed by atoms with E-state index in [4.69, 9.17) is 0 Å². The van der Waals surface area contributed by atoms with E-state index < -0.39 is 35.1 Å². The second-order valence-corrected chi connectivity index (χ2v) is 7.01. The number of anilines is 1. The molecule has 6 nitrogen and oxygen atoms in total. The molecule has 1 amide bonds. The molecule has 0 radical (unpaired) electrons. The normalized spacial score (nSPS) is 13.3. The average molecular weight is 421 g/mol. The van der Waals surface area contributed by atoms with Crippen LogP contribution in [0, 0.1) is 0 Å². The van der Waals surface area contributed by atoms with Crippen LogP contribution >= 0.6 is 0 Å². The lowest BCUT2D eigenvalue weighted by Gasteiger charge is -2.23. The number of nitrogens with zero attached hydrogens (tertiary/aromatic N) is 2. The quantitative estimate of drug-likeness (QED) is 0.380. The van der Waals surface area contributed by atoms with Gasteiger partial charge in [-0.2, -0.15) is 36.4 Å². The molecule has 0 atom stereocenters. The number of hydrogen-bond donors (Lipinski definition) is 3. The fourth-order valence-electron chi connectivity index (χ4n) is 2.09. The highest BCUT2D eigenvalue weighted by Crippen LogP contribution is 2.30. The molecule has 0 fully saturated rings. The summed E-state index contributed by atoms with van der Waals surface area (Å²) in [6, 6.07) is 4.30. The minimum atomic E-state index is -4.66. The Balaban J connectivity index is 2.33. The van der Waals surface area contributed by atoms with E-state index in [1.165, 1.54) is 0 Å². The molecule has 1 aromatic carbocycles. The van der Waals surface area contributed by atoms with Crippen molar-refractivity contribution in [2.75, 3.05) is 5.32 Å². The van der Waals surface area contributed by atoms with Gasteiger partial charge in [-0.3, -0.25) is 9.89 Å². The predicted octanol–water partition coefficient (Wildman–Crippen LogP) is 4.44. The smallest absolute Gasteiger partial charge is 0.351 e. The first-order valence-electron chi connectivity index (χ1n) is 8.13. The van der Waals surface area contributed by atoms with Crippen LogP contribution in [0.15, 0.2) is 35.3 Å². The molecule has 158 valence electrons. The van der Waals surface area contributed by atoms with Gasteiger partial charge in [-0.05, 0) is 39.0 Å². The summed E-state index contributed by atoms with van der Waals surface area (Å²) in [5.41, 5.74) is -3.17. The third-order valence-corrected chi connectivity index (χ3v) is 3.27. The first-order valence-corrected chi connectivity index (χ1v) is 8.13. The maximum Gasteiger partial charge on any atom is 0.432 e. The number of benzene rings is 1. The maximum atomic E-state index is 12.8. The van der Waals surface area contributed by atoms with E-state index in [2.05, 4.69) is 20.7 Å². The molecule has 1 heterocycles. The van der Waals surface area contributed by atoms with E-state index in [1.807, 2.05) is 0 Å². The highest BCUT2D eigenvalue weighted by Gasteiger charge is 2.33. The van der Waals surface area contributed by atoms with Gasteiger partial charge in [-0.15, -0.1) is 0 Å². The second kappa shape index (κ2) is 7.76. The van der Waals surface area contributed by atoms with Crippen molar-refractivity contribution in [2.24, 2.45) is 4.99 Å². The summed E-state index contributed by atoms with van der Waals surface area (Å²) in [5, 5.41) is 10.4. The number of nitrogens with one attached hydrogen (secondary N) is 3. The maximum absolute atomic E-state index is 12.8. The monoisotopic (exact) mass is 421 g/mol. The molecule has 0 saturated heterocycles. The second-order valence-electron chi connectivity index (χ2n) is 7.01. The van der Waals surface area contributed by atoms with E-state index in [9.17, 15) is 31.1 Å². The number of carbonyl (C=O) groups excluding carboxylic acids is 1. The minimum absolute atomic E-state index is 0.278. The Hall–Kier alpha value is -3.05. The lowest BCUT2D eigenvalue weighted by Crippen LogP contribution is -2.44. The van der Waals surface area contributed by atoms with Crippen molar-refractivity contribution < 1.29 is 31.1 Å². The van der Waals surface area contributed by atoms with Crippen LogP contribution in [-0.2, 0) is 12.4 Å². The highest BCUT2D eigenvalue weighted by molar-refractivity contribution is 6.06. The number of aromatic nitrogens is 2. The van der Waals surface area contributed by atoms with Crippen LogP contribution in [0.5, 0.6) is 0 Å². The van der Waals surface area contributed by atoms with E-state index in [0.29, 0.717) is 12.1 Å². The predicted molar refractivity (Wildman–Crippen MR) is 93.3 cm³/mol. The Bertz CT molecular complexity index is 908. The first kappa shape index (κ1) is 22.2. The SMILES string of the molecule is CC(C)(C)N/C(=N/C(=O)c1cccc(C(F)(F)F)c1)Nc1cc(C(F)(F)F)[nH]n1. The van der Waals surface area contributed by atoms with Gasteiger partial charge in [0.1, 0.15) is 5.69 Å². The Labute approximate surface area is 161 Å². The van der Waals surface area contributed by atoms with Gasteiger partial charge in [0.25, 0.3) is 5.91 Å². The zero-order chi connectivity index (χ0) is 22.0. The topological polar surface area (TPSA) is 82.2 Å². The zero-order valence-corrected chi connectivity index (χ0v) is 15.5. The number of amides is 1. The highest BCUT2D eigenvalue weighted by atomic mass is 19.4. The fraction of sp³-hybridized carbons (Fsp3) is 0.353. The van der Waals surface area contributed by atoms with Gasteiger partial charge in [-0.25, -0.2) is 0 Å². The largest absolute Gasteiger partial charge is 0.432 e. The number of halogens is 6. The van der Waals surface area contributed by atoms with Crippen molar-refractivity contribution in [2.45, 2.75) is 38.7 Å². The molecule has 29 heavy (non-hydrogen) atoms. The third-order valence-electron chi connectivity index (χ3n) is 3.27. The summed E-state index contributed by atoms with van der Waals surface area (Å²) >= 11 is 0. The van der Waals surface area contributed by atoms with E-state index in [-0.39, 0.29) is 17.3 Å². The van der Waals surface area contributed by atoms with Crippen molar-refractivity contribution in [3.63, 3.8) is 0 Å². The molecule has 0 aliphatic heterocycles. The first-order chi connectivity index (χ1) is 13.1. The molecule has 2 rings (SSSR count). The summed E-state index contributed by atoms with van der Waals surface area (Å²) in [7, 11) is 0. The number of aliphatic imine (C=N–C) groups is 1. The van der Waals surface area contributed by atoms with Gasteiger partial charge in [0.2, 0.25) is 5.96 Å². The fourth-order valence-corrected chi connectivity index (χ4v) is 2.09. The van der Waals surface area contributed by atoms with Crippen molar-refractivity contribution in [3.05, 3.63) is 47.2 Å². The standard InChI is InChI=1S/C17H17F6N5O/c1-15(2,3)26-14(24-12-8-11(27-28-12)17(21,22)23)25-13(29)9-5-4-6-10(7-9)16(18,19)20/h4-8H,1-3H3,(H3,24,25,26,27,28,29). The lowest BCUT2D eigenvalue weighted by atomic mass is 10.1. The lowest BCUT2D eigenvalue weighted by molar-refractivity contribution is -0.141. The van der Waals surface area contributed by atoms with Crippen molar-refractivity contribution in [1.29, 1.82) is 0 Å². The molecule has 0 saturated carbocycles. The Kier molecular flexibility index (Phi) is 5.95. The summed E-state index contributed by atoms with van der Waals surface area (Å²) < 4.78 is 76.5. The number of guanidine groups is 1. The number of alkyl halides is 6. The molecule has 12 heteroatoms. The van der Waals surface area contributed by atoms with Crippen LogP contribution in [0.3, 0.4) is 0 Å². The van der Waals surface area contributed by atoms with Gasteiger partial charge >= 0.3 is 12.4 Å². The van der Waals surface area contributed by atoms with E-state index in [1.54, 1.807) is 25.9 Å². The number of hydrogen-bond acceptors (Lipinski definition) is 2. The van der Waals surface area contributed by atoms with Crippen molar-refractivity contribution >= 4 is 17.7 Å². The van der Waals surface area contributed by atoms with Gasteiger partial charge in [-0.1, -0.05) is 6.07 Å². The molecule has 1 aromatic heterocycles. The molecular weight excluding hydrogens is 404 g/mol. The van der Waals surface area contributed by atoms with E-state index >= 15 is 0 Å². The molecule has 0 aliphatic carbocycles. The van der Waals surface area contributed by atoms with Crippen molar-refractivity contribution in [1.82, 2.24) is 15.5 Å². The number of H-pyrrole nitrogens is 1. The van der Waals surface area contributed by atoms with Crippen LogP contribution in [0.4, 0.5) is 32.2 Å². The Morgan fingerprint density at radius 2 is 1.69 bits per heavy atom. The summed E-state index contributed by atoms with van der Waals surface area (Å²) in [4.78, 5) is 16.0. The molecule has 0 unspecified atom stereocenters.